The van der Waals surface area contributed by atoms with Crippen LogP contribution in [0.3, 0.4) is 0 Å². The molecule has 2 heterocycles. The number of nitrogens with one attached hydrogen (secondary N) is 1. The number of hydrogen-bond donors (Lipinski definition) is 1. The van der Waals surface area contributed by atoms with Gasteiger partial charge < -0.3 is 9.73 Å². The van der Waals surface area contributed by atoms with Crippen LogP contribution in [-0.4, -0.2) is 17.5 Å². The molecule has 1 fully saturated rings. The van der Waals surface area contributed by atoms with Crippen LogP contribution in [0.15, 0.2) is 22.8 Å². The Balaban J connectivity index is 1.90. The van der Waals surface area contributed by atoms with Crippen LogP contribution in [-0.2, 0) is 0 Å². The molecular formula is C13H21NOS. The van der Waals surface area contributed by atoms with E-state index in [1.54, 1.807) is 6.26 Å². The van der Waals surface area contributed by atoms with Crippen molar-refractivity contribution in [1.29, 1.82) is 0 Å². The molecule has 90 valence electrons. The van der Waals surface area contributed by atoms with Gasteiger partial charge in [-0.3, -0.25) is 0 Å². The van der Waals surface area contributed by atoms with Crippen molar-refractivity contribution in [3.63, 3.8) is 0 Å². The highest BCUT2D eigenvalue weighted by Gasteiger charge is 2.29. The van der Waals surface area contributed by atoms with Gasteiger partial charge >= 0.3 is 0 Å². The fraction of sp³-hybridized carbons (Fsp3) is 0.692. The Bertz CT molecular complexity index is 321. The summed E-state index contributed by atoms with van der Waals surface area (Å²) in [4.78, 5) is 0. The van der Waals surface area contributed by atoms with Crippen LogP contribution >= 0.6 is 11.8 Å². The van der Waals surface area contributed by atoms with E-state index >= 15 is 0 Å². The average molecular weight is 239 g/mol. The van der Waals surface area contributed by atoms with E-state index < -0.39 is 0 Å². The fourth-order valence-corrected chi connectivity index (χ4v) is 3.63. The highest BCUT2D eigenvalue weighted by molar-refractivity contribution is 7.99. The summed E-state index contributed by atoms with van der Waals surface area (Å²) in [6.45, 7) is 6.88. The minimum atomic E-state index is 0.314. The summed E-state index contributed by atoms with van der Waals surface area (Å²) < 4.78 is 5.42. The molecule has 1 unspecified atom stereocenters. The lowest BCUT2D eigenvalue weighted by Gasteiger charge is -2.36. The lowest BCUT2D eigenvalue weighted by molar-refractivity contribution is 0.294. The fourth-order valence-electron chi connectivity index (χ4n) is 2.34. The number of furan rings is 1. The third-order valence-electron chi connectivity index (χ3n) is 3.07. The first kappa shape index (κ1) is 12.1. The highest BCUT2D eigenvalue weighted by atomic mass is 32.2. The zero-order chi connectivity index (χ0) is 11.6. The van der Waals surface area contributed by atoms with E-state index in [1.807, 2.05) is 12.1 Å². The zero-order valence-electron chi connectivity index (χ0n) is 10.3. The second-order valence-electron chi connectivity index (χ2n) is 5.48. The van der Waals surface area contributed by atoms with Crippen molar-refractivity contribution in [1.82, 2.24) is 5.32 Å². The van der Waals surface area contributed by atoms with Gasteiger partial charge in [0.05, 0.1) is 12.3 Å². The first-order chi connectivity index (χ1) is 7.57. The Morgan fingerprint density at radius 2 is 2.38 bits per heavy atom. The topological polar surface area (TPSA) is 25.2 Å². The normalized spacial score (nSPS) is 26.6. The summed E-state index contributed by atoms with van der Waals surface area (Å²) in [6, 6.07) is 4.91. The van der Waals surface area contributed by atoms with Crippen LogP contribution in [0.25, 0.3) is 0 Å². The van der Waals surface area contributed by atoms with Crippen LogP contribution in [0, 0.1) is 5.41 Å². The predicted octanol–water partition coefficient (Wildman–Crippen LogP) is 3.46. The summed E-state index contributed by atoms with van der Waals surface area (Å²) >= 11 is 2.06. The molecule has 2 atom stereocenters. The predicted molar refractivity (Wildman–Crippen MR) is 69.8 cm³/mol. The summed E-state index contributed by atoms with van der Waals surface area (Å²) in [6.07, 6.45) is 3.00. The van der Waals surface area contributed by atoms with Crippen molar-refractivity contribution in [3.8, 4) is 0 Å². The molecule has 2 rings (SSSR count). The van der Waals surface area contributed by atoms with Crippen molar-refractivity contribution in [2.24, 2.45) is 5.41 Å². The first-order valence-corrected chi connectivity index (χ1v) is 7.09. The van der Waals surface area contributed by atoms with Crippen molar-refractivity contribution in [3.05, 3.63) is 24.2 Å². The molecular weight excluding hydrogens is 218 g/mol. The van der Waals surface area contributed by atoms with Gasteiger partial charge in [-0.25, -0.2) is 0 Å². The van der Waals surface area contributed by atoms with E-state index in [2.05, 4.69) is 37.8 Å². The zero-order valence-corrected chi connectivity index (χ0v) is 11.1. The Morgan fingerprint density at radius 3 is 3.00 bits per heavy atom. The summed E-state index contributed by atoms with van der Waals surface area (Å²) in [5.41, 5.74) is 0.462. The number of rotatable bonds is 3. The van der Waals surface area contributed by atoms with Gasteiger partial charge in [0.25, 0.3) is 0 Å². The van der Waals surface area contributed by atoms with Gasteiger partial charge in [-0.15, -0.1) is 0 Å². The largest absolute Gasteiger partial charge is 0.468 e. The monoisotopic (exact) mass is 239 g/mol. The smallest absolute Gasteiger partial charge is 0.120 e. The van der Waals surface area contributed by atoms with Gasteiger partial charge in [0.2, 0.25) is 0 Å². The summed E-state index contributed by atoms with van der Waals surface area (Å²) in [7, 11) is 0. The molecule has 1 N–H and O–H groups in total. The van der Waals surface area contributed by atoms with Gasteiger partial charge in [0.15, 0.2) is 0 Å². The second kappa shape index (κ2) is 4.84. The number of thioether (sulfide) groups is 1. The molecule has 3 heteroatoms. The van der Waals surface area contributed by atoms with Crippen LogP contribution < -0.4 is 5.32 Å². The molecule has 0 bridgehead atoms. The third-order valence-corrected chi connectivity index (χ3v) is 4.69. The van der Waals surface area contributed by atoms with E-state index in [1.165, 1.54) is 17.9 Å². The maximum atomic E-state index is 5.42. The molecule has 2 nitrogen and oxygen atoms in total. The van der Waals surface area contributed by atoms with E-state index in [-0.39, 0.29) is 0 Å². The van der Waals surface area contributed by atoms with Crippen molar-refractivity contribution in [2.45, 2.75) is 39.3 Å². The second-order valence-corrected chi connectivity index (χ2v) is 6.51. The maximum Gasteiger partial charge on any atom is 0.120 e. The van der Waals surface area contributed by atoms with Gasteiger partial charge in [-0.2, -0.15) is 11.8 Å². The van der Waals surface area contributed by atoms with Crippen LogP contribution in [0.4, 0.5) is 0 Å². The number of hydrogen-bond acceptors (Lipinski definition) is 3. The molecule has 0 aliphatic carbocycles. The minimum absolute atomic E-state index is 0.314. The van der Waals surface area contributed by atoms with Gasteiger partial charge in [0, 0.05) is 11.8 Å². The van der Waals surface area contributed by atoms with Crippen LogP contribution in [0.5, 0.6) is 0 Å². The Labute approximate surface area is 102 Å². The standard InChI is InChI=1S/C13H21NOS/c1-10(12-5-4-6-15-12)14-11-7-13(2,3)9-16-8-11/h4-6,10-11,14H,7-9H2,1-3H3/t10-,11?/m1/s1. The first-order valence-electron chi connectivity index (χ1n) is 5.94. The third kappa shape index (κ3) is 3.05. The lowest BCUT2D eigenvalue weighted by Crippen LogP contribution is -2.41. The van der Waals surface area contributed by atoms with Crippen molar-refractivity contribution in [2.75, 3.05) is 11.5 Å². The summed E-state index contributed by atoms with van der Waals surface area (Å²) in [5.74, 6) is 3.53. The van der Waals surface area contributed by atoms with Gasteiger partial charge in [-0.1, -0.05) is 13.8 Å². The Morgan fingerprint density at radius 1 is 1.56 bits per heavy atom. The van der Waals surface area contributed by atoms with Crippen LogP contribution in [0.1, 0.15) is 39.0 Å². The maximum absolute atomic E-state index is 5.42. The molecule has 0 amide bonds. The van der Waals surface area contributed by atoms with E-state index in [4.69, 9.17) is 4.42 Å². The quantitative estimate of drug-likeness (QED) is 0.874. The molecule has 0 radical (unpaired) electrons. The van der Waals surface area contributed by atoms with Gasteiger partial charge in [-0.05, 0) is 36.6 Å². The van der Waals surface area contributed by atoms with Crippen molar-refractivity contribution >= 4 is 11.8 Å². The molecule has 0 aromatic carbocycles. The molecule has 16 heavy (non-hydrogen) atoms. The molecule has 1 aromatic rings. The Hall–Kier alpha value is -0.410. The minimum Gasteiger partial charge on any atom is -0.468 e. The van der Waals surface area contributed by atoms with E-state index in [0.29, 0.717) is 17.5 Å². The molecule has 1 aromatic heterocycles. The van der Waals surface area contributed by atoms with Gasteiger partial charge in [0.1, 0.15) is 5.76 Å². The average Bonchev–Trinajstić information content (AvgIpc) is 2.68. The molecule has 0 spiro atoms. The molecule has 1 aliphatic heterocycles. The molecule has 1 aliphatic rings. The lowest BCUT2D eigenvalue weighted by atomic mass is 9.87. The Kier molecular flexibility index (Phi) is 3.65. The van der Waals surface area contributed by atoms with E-state index in [0.717, 1.165) is 5.76 Å². The highest BCUT2D eigenvalue weighted by Crippen LogP contribution is 2.34. The van der Waals surface area contributed by atoms with Crippen LogP contribution in [0.2, 0.25) is 0 Å². The van der Waals surface area contributed by atoms with E-state index in [9.17, 15) is 0 Å². The SMILES string of the molecule is C[C@@H](NC1CSCC(C)(C)C1)c1ccco1. The molecule has 1 saturated heterocycles. The summed E-state index contributed by atoms with van der Waals surface area (Å²) in [5, 5.41) is 3.66. The molecule has 0 saturated carbocycles. The van der Waals surface area contributed by atoms with Crippen molar-refractivity contribution < 1.29 is 4.42 Å².